The number of carbonyl (C=O) groups is 2. The number of benzene rings is 1. The highest BCUT2D eigenvalue weighted by Crippen LogP contribution is 2.12. The Morgan fingerprint density at radius 2 is 1.90 bits per heavy atom. The summed E-state index contributed by atoms with van der Waals surface area (Å²) in [7, 11) is 0. The second-order valence-electron chi connectivity index (χ2n) is 5.11. The van der Waals surface area contributed by atoms with E-state index >= 15 is 0 Å². The molecule has 1 aromatic carbocycles. The summed E-state index contributed by atoms with van der Waals surface area (Å²) in [5.41, 5.74) is 0.237. The molecule has 1 fully saturated rings. The zero-order chi connectivity index (χ0) is 15.4. The van der Waals surface area contributed by atoms with Crippen LogP contribution >= 0.6 is 0 Å². The Morgan fingerprint density at radius 3 is 2.48 bits per heavy atom. The summed E-state index contributed by atoms with van der Waals surface area (Å²) in [5.74, 6) is -2.15. The number of piperazine rings is 1. The molecule has 1 aromatic rings. The Morgan fingerprint density at radius 1 is 1.24 bits per heavy atom. The molecule has 1 aliphatic heterocycles. The lowest BCUT2D eigenvalue weighted by Gasteiger charge is -2.31. The van der Waals surface area contributed by atoms with Crippen LogP contribution < -0.4 is 10.2 Å². The second kappa shape index (κ2) is 6.62. The van der Waals surface area contributed by atoms with E-state index in [0.717, 1.165) is 17.0 Å². The lowest BCUT2D eigenvalue weighted by molar-refractivity contribution is -0.895. The highest BCUT2D eigenvalue weighted by atomic mass is 19.2. The van der Waals surface area contributed by atoms with E-state index in [1.807, 2.05) is 0 Å². The SMILES string of the molecule is CC(=O)N1CC[NH+](CC(=O)Nc2ccc(F)c(F)c2)CC1. The van der Waals surface area contributed by atoms with E-state index in [-0.39, 0.29) is 24.0 Å². The molecule has 0 bridgehead atoms. The lowest BCUT2D eigenvalue weighted by atomic mass is 10.3. The van der Waals surface area contributed by atoms with Crippen molar-refractivity contribution in [2.45, 2.75) is 6.92 Å². The van der Waals surface area contributed by atoms with Crippen molar-refractivity contribution in [3.8, 4) is 0 Å². The van der Waals surface area contributed by atoms with E-state index in [0.29, 0.717) is 26.2 Å². The number of anilines is 1. The highest BCUT2D eigenvalue weighted by Gasteiger charge is 2.23. The van der Waals surface area contributed by atoms with Gasteiger partial charge >= 0.3 is 0 Å². The highest BCUT2D eigenvalue weighted by molar-refractivity contribution is 5.91. The normalized spacial score (nSPS) is 15.9. The van der Waals surface area contributed by atoms with Crippen LogP contribution in [0.4, 0.5) is 14.5 Å². The molecule has 0 saturated carbocycles. The molecule has 2 rings (SSSR count). The standard InChI is InChI=1S/C14H17F2N3O2/c1-10(20)19-6-4-18(5-7-19)9-14(21)17-11-2-3-12(15)13(16)8-11/h2-3,8H,4-7,9H2,1H3,(H,17,21)/p+1. The fraction of sp³-hybridized carbons (Fsp3) is 0.429. The maximum Gasteiger partial charge on any atom is 0.279 e. The van der Waals surface area contributed by atoms with Gasteiger partial charge in [-0.2, -0.15) is 0 Å². The van der Waals surface area contributed by atoms with E-state index in [1.165, 1.54) is 13.0 Å². The number of carbonyl (C=O) groups excluding carboxylic acids is 2. The van der Waals surface area contributed by atoms with Gasteiger partial charge in [-0.15, -0.1) is 0 Å². The van der Waals surface area contributed by atoms with Gasteiger partial charge in [-0.05, 0) is 12.1 Å². The zero-order valence-corrected chi connectivity index (χ0v) is 11.8. The fourth-order valence-corrected chi connectivity index (χ4v) is 2.32. The minimum Gasteiger partial charge on any atom is -0.332 e. The molecular weight excluding hydrogens is 280 g/mol. The minimum atomic E-state index is -0.991. The average molecular weight is 298 g/mol. The quantitative estimate of drug-likeness (QED) is 0.801. The third kappa shape index (κ3) is 4.22. The molecule has 0 unspecified atom stereocenters. The smallest absolute Gasteiger partial charge is 0.279 e. The molecular formula is C14H18F2N3O2+. The number of rotatable bonds is 3. The number of halogens is 2. The minimum absolute atomic E-state index is 0.0419. The Labute approximate surface area is 121 Å². The van der Waals surface area contributed by atoms with Crippen molar-refractivity contribution in [2.24, 2.45) is 0 Å². The third-order valence-corrected chi connectivity index (χ3v) is 3.53. The van der Waals surface area contributed by atoms with Gasteiger partial charge in [0.2, 0.25) is 5.91 Å². The maximum atomic E-state index is 13.0. The average Bonchev–Trinajstić information content (AvgIpc) is 2.43. The summed E-state index contributed by atoms with van der Waals surface area (Å²) < 4.78 is 25.8. The van der Waals surface area contributed by atoms with Crippen LogP contribution in [0.2, 0.25) is 0 Å². The Balaban J connectivity index is 1.82. The van der Waals surface area contributed by atoms with Crippen LogP contribution in [-0.4, -0.2) is 49.4 Å². The van der Waals surface area contributed by atoms with Crippen molar-refractivity contribution >= 4 is 17.5 Å². The second-order valence-corrected chi connectivity index (χ2v) is 5.11. The summed E-state index contributed by atoms with van der Waals surface area (Å²) in [6.07, 6.45) is 0. The lowest BCUT2D eigenvalue weighted by Crippen LogP contribution is -3.15. The van der Waals surface area contributed by atoms with Crippen molar-refractivity contribution in [1.29, 1.82) is 0 Å². The number of hydrogen-bond donors (Lipinski definition) is 2. The topological polar surface area (TPSA) is 53.9 Å². The zero-order valence-electron chi connectivity index (χ0n) is 11.8. The first-order valence-electron chi connectivity index (χ1n) is 6.79. The molecule has 114 valence electrons. The molecule has 5 nitrogen and oxygen atoms in total. The molecule has 2 N–H and O–H groups in total. The van der Waals surface area contributed by atoms with E-state index in [9.17, 15) is 18.4 Å². The van der Waals surface area contributed by atoms with Crippen molar-refractivity contribution < 1.29 is 23.3 Å². The Bertz CT molecular complexity index is 543. The van der Waals surface area contributed by atoms with Crippen molar-refractivity contribution in [3.05, 3.63) is 29.8 Å². The van der Waals surface area contributed by atoms with Crippen LogP contribution in [0.15, 0.2) is 18.2 Å². The summed E-state index contributed by atoms with van der Waals surface area (Å²) in [6.45, 7) is 4.42. The van der Waals surface area contributed by atoms with E-state index in [1.54, 1.807) is 4.90 Å². The van der Waals surface area contributed by atoms with Crippen LogP contribution in [0.25, 0.3) is 0 Å². The van der Waals surface area contributed by atoms with Crippen LogP contribution in [0.3, 0.4) is 0 Å². The van der Waals surface area contributed by atoms with Gasteiger partial charge in [0.15, 0.2) is 18.2 Å². The molecule has 0 radical (unpaired) electrons. The van der Waals surface area contributed by atoms with Gasteiger partial charge in [0, 0.05) is 18.7 Å². The number of hydrogen-bond acceptors (Lipinski definition) is 2. The molecule has 1 heterocycles. The number of amides is 2. The van der Waals surface area contributed by atoms with Gasteiger partial charge in [0.05, 0.1) is 26.2 Å². The summed E-state index contributed by atoms with van der Waals surface area (Å²) in [5, 5.41) is 2.54. The first kappa shape index (κ1) is 15.4. The fourth-order valence-electron chi connectivity index (χ4n) is 2.32. The Hall–Kier alpha value is -2.02. The summed E-state index contributed by atoms with van der Waals surface area (Å²) in [6, 6.07) is 3.25. The van der Waals surface area contributed by atoms with Gasteiger partial charge < -0.3 is 15.1 Å². The molecule has 2 amide bonds. The van der Waals surface area contributed by atoms with Crippen LogP contribution in [0.5, 0.6) is 0 Å². The number of nitrogens with one attached hydrogen (secondary N) is 2. The first-order chi connectivity index (χ1) is 9.95. The van der Waals surface area contributed by atoms with Crippen LogP contribution in [0, 0.1) is 11.6 Å². The molecule has 0 atom stereocenters. The van der Waals surface area contributed by atoms with Crippen molar-refractivity contribution in [1.82, 2.24) is 4.90 Å². The Kier molecular flexibility index (Phi) is 4.85. The van der Waals surface area contributed by atoms with Crippen LogP contribution in [0.1, 0.15) is 6.92 Å². The molecule has 0 aromatic heterocycles. The first-order valence-corrected chi connectivity index (χ1v) is 6.79. The molecule has 1 aliphatic rings. The van der Waals surface area contributed by atoms with E-state index < -0.39 is 11.6 Å². The monoisotopic (exact) mass is 298 g/mol. The van der Waals surface area contributed by atoms with Gasteiger partial charge in [-0.1, -0.05) is 0 Å². The van der Waals surface area contributed by atoms with Crippen LogP contribution in [-0.2, 0) is 9.59 Å². The van der Waals surface area contributed by atoms with Crippen molar-refractivity contribution in [2.75, 3.05) is 38.0 Å². The third-order valence-electron chi connectivity index (χ3n) is 3.53. The van der Waals surface area contributed by atoms with E-state index in [2.05, 4.69) is 5.32 Å². The number of quaternary nitrogens is 1. The summed E-state index contributed by atoms with van der Waals surface area (Å²) in [4.78, 5) is 25.9. The molecule has 0 spiro atoms. The van der Waals surface area contributed by atoms with Gasteiger partial charge in [-0.25, -0.2) is 8.78 Å². The molecule has 0 aliphatic carbocycles. The molecule has 1 saturated heterocycles. The predicted octanol–water partition coefficient (Wildman–Crippen LogP) is -0.350. The maximum absolute atomic E-state index is 13.0. The number of nitrogens with zero attached hydrogens (tertiary/aromatic N) is 1. The van der Waals surface area contributed by atoms with Crippen molar-refractivity contribution in [3.63, 3.8) is 0 Å². The molecule has 21 heavy (non-hydrogen) atoms. The predicted molar refractivity (Wildman–Crippen MR) is 72.8 cm³/mol. The molecule has 7 heteroatoms. The van der Waals surface area contributed by atoms with E-state index in [4.69, 9.17) is 0 Å². The van der Waals surface area contributed by atoms with Gasteiger partial charge in [0.1, 0.15) is 0 Å². The largest absolute Gasteiger partial charge is 0.332 e. The summed E-state index contributed by atoms with van der Waals surface area (Å²) >= 11 is 0. The van der Waals surface area contributed by atoms with Gasteiger partial charge in [0.25, 0.3) is 5.91 Å². The van der Waals surface area contributed by atoms with Gasteiger partial charge in [-0.3, -0.25) is 9.59 Å².